The first-order valence-corrected chi connectivity index (χ1v) is 10.6. The molecule has 6 nitrogen and oxygen atoms in total. The summed E-state index contributed by atoms with van der Waals surface area (Å²) in [5, 5.41) is 0. The predicted octanol–water partition coefficient (Wildman–Crippen LogP) is 2.48. The molecular formula is C21H34N4O2. The Morgan fingerprint density at radius 1 is 1.07 bits per heavy atom. The SMILES string of the molecule is CC(C)c1cc(=O)n(CC2CCN(CCN3CCCCCC3=O)CC2)cn1. The van der Waals surface area contributed by atoms with Gasteiger partial charge in [0.25, 0.3) is 5.56 Å². The van der Waals surface area contributed by atoms with Crippen molar-refractivity contribution in [2.24, 2.45) is 5.92 Å². The summed E-state index contributed by atoms with van der Waals surface area (Å²) >= 11 is 0. The van der Waals surface area contributed by atoms with E-state index >= 15 is 0 Å². The van der Waals surface area contributed by atoms with Crippen molar-refractivity contribution < 1.29 is 4.79 Å². The molecule has 3 rings (SSSR count). The molecule has 0 aliphatic carbocycles. The van der Waals surface area contributed by atoms with Crippen molar-refractivity contribution in [2.45, 2.75) is 64.8 Å². The number of likely N-dealkylation sites (tertiary alicyclic amines) is 2. The van der Waals surface area contributed by atoms with Gasteiger partial charge in [-0.15, -0.1) is 0 Å². The average molecular weight is 375 g/mol. The highest BCUT2D eigenvalue weighted by atomic mass is 16.2. The highest BCUT2D eigenvalue weighted by molar-refractivity contribution is 5.76. The van der Waals surface area contributed by atoms with Crippen LogP contribution in [0.2, 0.25) is 0 Å². The maximum atomic E-state index is 12.3. The van der Waals surface area contributed by atoms with E-state index < -0.39 is 0 Å². The minimum Gasteiger partial charge on any atom is -0.341 e. The second-order valence-electron chi connectivity index (χ2n) is 8.44. The number of piperidine rings is 1. The molecule has 150 valence electrons. The van der Waals surface area contributed by atoms with Crippen LogP contribution in [-0.4, -0.2) is 58.0 Å². The Hall–Kier alpha value is -1.69. The fourth-order valence-electron chi connectivity index (χ4n) is 4.10. The van der Waals surface area contributed by atoms with Crippen LogP contribution < -0.4 is 5.56 Å². The Balaban J connectivity index is 1.44. The summed E-state index contributed by atoms with van der Waals surface area (Å²) in [4.78, 5) is 33.4. The normalized spacial score (nSPS) is 20.3. The van der Waals surface area contributed by atoms with Gasteiger partial charge in [-0.2, -0.15) is 0 Å². The lowest BCUT2D eigenvalue weighted by atomic mass is 9.96. The molecule has 0 unspecified atom stereocenters. The summed E-state index contributed by atoms with van der Waals surface area (Å²) in [7, 11) is 0. The van der Waals surface area contributed by atoms with Gasteiger partial charge < -0.3 is 9.80 Å². The minimum absolute atomic E-state index is 0.0656. The Kier molecular flexibility index (Phi) is 7.05. The number of hydrogen-bond donors (Lipinski definition) is 0. The largest absolute Gasteiger partial charge is 0.341 e. The average Bonchev–Trinajstić information content (AvgIpc) is 2.87. The van der Waals surface area contributed by atoms with E-state index in [4.69, 9.17) is 0 Å². The lowest BCUT2D eigenvalue weighted by Gasteiger charge is -2.33. The van der Waals surface area contributed by atoms with E-state index in [1.807, 2.05) is 0 Å². The van der Waals surface area contributed by atoms with Gasteiger partial charge in [0.15, 0.2) is 0 Å². The molecule has 2 aliphatic heterocycles. The van der Waals surface area contributed by atoms with E-state index in [1.165, 1.54) is 6.42 Å². The van der Waals surface area contributed by atoms with Crippen LogP contribution in [-0.2, 0) is 11.3 Å². The highest BCUT2D eigenvalue weighted by Gasteiger charge is 2.22. The van der Waals surface area contributed by atoms with Gasteiger partial charge in [-0.05, 0) is 50.6 Å². The van der Waals surface area contributed by atoms with Crippen LogP contribution in [0.1, 0.15) is 64.0 Å². The zero-order valence-electron chi connectivity index (χ0n) is 16.9. The number of aromatic nitrogens is 2. The van der Waals surface area contributed by atoms with Crippen molar-refractivity contribution in [2.75, 3.05) is 32.7 Å². The molecule has 1 aromatic rings. The van der Waals surface area contributed by atoms with Gasteiger partial charge >= 0.3 is 0 Å². The molecule has 3 heterocycles. The van der Waals surface area contributed by atoms with Crippen LogP contribution in [0.15, 0.2) is 17.2 Å². The number of amides is 1. The third-order valence-corrected chi connectivity index (χ3v) is 6.01. The molecule has 2 saturated heterocycles. The molecular weight excluding hydrogens is 340 g/mol. The first kappa shape index (κ1) is 20.1. The first-order chi connectivity index (χ1) is 13.0. The molecule has 0 bridgehead atoms. The molecule has 0 saturated carbocycles. The topological polar surface area (TPSA) is 58.4 Å². The molecule has 0 N–H and O–H groups in total. The maximum absolute atomic E-state index is 12.3. The molecule has 1 amide bonds. The first-order valence-electron chi connectivity index (χ1n) is 10.6. The lowest BCUT2D eigenvalue weighted by molar-refractivity contribution is -0.130. The second kappa shape index (κ2) is 9.49. The quantitative estimate of drug-likeness (QED) is 0.768. The number of carbonyl (C=O) groups is 1. The number of nitrogens with zero attached hydrogens (tertiary/aromatic N) is 4. The second-order valence-corrected chi connectivity index (χ2v) is 8.44. The number of rotatable bonds is 6. The Bertz CT molecular complexity index is 677. The van der Waals surface area contributed by atoms with Crippen molar-refractivity contribution in [3.05, 3.63) is 28.4 Å². The third kappa shape index (κ3) is 5.64. The molecule has 6 heteroatoms. The summed E-state index contributed by atoms with van der Waals surface area (Å²) in [5.74, 6) is 1.15. The van der Waals surface area contributed by atoms with E-state index in [9.17, 15) is 9.59 Å². The molecule has 0 radical (unpaired) electrons. The molecule has 0 spiro atoms. The van der Waals surface area contributed by atoms with Gasteiger partial charge in [0.1, 0.15) is 0 Å². The molecule has 1 aromatic heterocycles. The zero-order valence-corrected chi connectivity index (χ0v) is 16.9. The molecule has 0 aromatic carbocycles. The Labute approximate surface area is 162 Å². The van der Waals surface area contributed by atoms with E-state index in [0.717, 1.165) is 77.1 Å². The van der Waals surface area contributed by atoms with E-state index in [0.29, 0.717) is 11.8 Å². The predicted molar refractivity (Wildman–Crippen MR) is 107 cm³/mol. The van der Waals surface area contributed by atoms with Crippen LogP contribution in [0.4, 0.5) is 0 Å². The van der Waals surface area contributed by atoms with Gasteiger partial charge in [-0.25, -0.2) is 4.98 Å². The van der Waals surface area contributed by atoms with Crippen LogP contribution in [0.5, 0.6) is 0 Å². The summed E-state index contributed by atoms with van der Waals surface area (Å²) in [6.45, 7) is 9.76. The van der Waals surface area contributed by atoms with Crippen LogP contribution >= 0.6 is 0 Å². The fraction of sp³-hybridized carbons (Fsp3) is 0.762. The van der Waals surface area contributed by atoms with Crippen molar-refractivity contribution in [1.82, 2.24) is 19.4 Å². The fourth-order valence-corrected chi connectivity index (χ4v) is 4.10. The molecule has 0 atom stereocenters. The lowest BCUT2D eigenvalue weighted by Crippen LogP contribution is -2.42. The van der Waals surface area contributed by atoms with E-state index in [2.05, 4.69) is 28.6 Å². The van der Waals surface area contributed by atoms with Crippen LogP contribution in [0, 0.1) is 5.92 Å². The van der Waals surface area contributed by atoms with Gasteiger partial charge in [0.05, 0.1) is 12.0 Å². The summed E-state index contributed by atoms with van der Waals surface area (Å²) in [6, 6.07) is 1.68. The van der Waals surface area contributed by atoms with Gasteiger partial charge in [0, 0.05) is 38.7 Å². The van der Waals surface area contributed by atoms with Crippen molar-refractivity contribution in [3.63, 3.8) is 0 Å². The molecule has 2 aliphatic rings. The minimum atomic E-state index is 0.0656. The highest BCUT2D eigenvalue weighted by Crippen LogP contribution is 2.19. The van der Waals surface area contributed by atoms with Gasteiger partial charge in [-0.1, -0.05) is 20.3 Å². The number of carbonyl (C=O) groups excluding carboxylic acids is 1. The van der Waals surface area contributed by atoms with Crippen molar-refractivity contribution in [1.29, 1.82) is 0 Å². The molecule has 2 fully saturated rings. The van der Waals surface area contributed by atoms with Crippen LogP contribution in [0.3, 0.4) is 0 Å². The smallest absolute Gasteiger partial charge is 0.253 e. The Morgan fingerprint density at radius 3 is 2.56 bits per heavy atom. The summed E-state index contributed by atoms with van der Waals surface area (Å²) < 4.78 is 1.77. The van der Waals surface area contributed by atoms with Gasteiger partial charge in [0.2, 0.25) is 5.91 Å². The summed E-state index contributed by atoms with van der Waals surface area (Å²) in [6.07, 6.45) is 8.02. The van der Waals surface area contributed by atoms with Crippen molar-refractivity contribution >= 4 is 5.91 Å². The van der Waals surface area contributed by atoms with Gasteiger partial charge in [-0.3, -0.25) is 14.2 Å². The zero-order chi connectivity index (χ0) is 19.2. The monoisotopic (exact) mass is 374 g/mol. The standard InChI is InChI=1S/C21H34N4O2/c1-17(2)19-14-21(27)25(16-22-19)15-18-7-10-23(11-8-18)12-13-24-9-5-3-4-6-20(24)26/h14,16-18H,3-13,15H2,1-2H3. The number of hydrogen-bond acceptors (Lipinski definition) is 4. The maximum Gasteiger partial charge on any atom is 0.253 e. The summed E-state index contributed by atoms with van der Waals surface area (Å²) in [5.41, 5.74) is 0.935. The molecule has 27 heavy (non-hydrogen) atoms. The Morgan fingerprint density at radius 2 is 1.85 bits per heavy atom. The van der Waals surface area contributed by atoms with Crippen molar-refractivity contribution in [3.8, 4) is 0 Å². The third-order valence-electron chi connectivity index (χ3n) is 6.01. The van der Waals surface area contributed by atoms with E-state index in [-0.39, 0.29) is 11.5 Å². The van der Waals surface area contributed by atoms with Crippen LogP contribution in [0.25, 0.3) is 0 Å². The van der Waals surface area contributed by atoms with E-state index in [1.54, 1.807) is 17.0 Å².